The number of halogens is 2. The minimum atomic E-state index is -0.345. The van der Waals surface area contributed by atoms with Gasteiger partial charge >= 0.3 is 0 Å². The summed E-state index contributed by atoms with van der Waals surface area (Å²) in [5.41, 5.74) is 3.76. The first-order chi connectivity index (χ1) is 13.5. The standard InChI is InChI=1S/C23H21ClFNOS/c1-16-7-9-18(10-8-16)23(17-5-3-2-4-6-17)26-22(27)15-28-14-19-11-12-20(24)13-21(19)25/h2-13,23H,14-15H2,1H3,(H,26,27). The third-order valence-corrected chi connectivity index (χ3v) is 5.57. The molecule has 1 N–H and O–H groups in total. The summed E-state index contributed by atoms with van der Waals surface area (Å²) >= 11 is 7.15. The maximum Gasteiger partial charge on any atom is 0.230 e. The predicted molar refractivity (Wildman–Crippen MR) is 115 cm³/mol. The molecule has 0 bridgehead atoms. The van der Waals surface area contributed by atoms with Crippen LogP contribution < -0.4 is 5.32 Å². The van der Waals surface area contributed by atoms with E-state index >= 15 is 0 Å². The van der Waals surface area contributed by atoms with Gasteiger partial charge in [0, 0.05) is 10.8 Å². The molecule has 28 heavy (non-hydrogen) atoms. The average molecular weight is 414 g/mol. The number of benzene rings is 3. The average Bonchev–Trinajstić information content (AvgIpc) is 2.69. The first-order valence-corrected chi connectivity index (χ1v) is 10.5. The Morgan fingerprint density at radius 3 is 2.39 bits per heavy atom. The van der Waals surface area contributed by atoms with Crippen LogP contribution in [0.5, 0.6) is 0 Å². The zero-order valence-electron chi connectivity index (χ0n) is 15.5. The van der Waals surface area contributed by atoms with Crippen LogP contribution in [-0.2, 0) is 10.5 Å². The molecule has 0 aliphatic carbocycles. The topological polar surface area (TPSA) is 29.1 Å². The van der Waals surface area contributed by atoms with Crippen molar-refractivity contribution in [1.82, 2.24) is 5.32 Å². The summed E-state index contributed by atoms with van der Waals surface area (Å²) in [5, 5.41) is 3.47. The van der Waals surface area contributed by atoms with E-state index in [2.05, 4.69) is 5.32 Å². The van der Waals surface area contributed by atoms with Gasteiger partial charge in [-0.15, -0.1) is 11.8 Å². The van der Waals surface area contributed by atoms with Gasteiger partial charge in [0.15, 0.2) is 0 Å². The zero-order valence-corrected chi connectivity index (χ0v) is 17.1. The minimum Gasteiger partial charge on any atom is -0.344 e. The van der Waals surface area contributed by atoms with Gasteiger partial charge in [0.2, 0.25) is 5.91 Å². The lowest BCUT2D eigenvalue weighted by atomic mass is 9.98. The van der Waals surface area contributed by atoms with Crippen molar-refractivity contribution >= 4 is 29.3 Å². The number of rotatable bonds is 7. The second-order valence-electron chi connectivity index (χ2n) is 6.55. The second-order valence-corrected chi connectivity index (χ2v) is 7.97. The molecule has 0 fully saturated rings. The fraction of sp³-hybridized carbons (Fsp3) is 0.174. The van der Waals surface area contributed by atoms with Gasteiger partial charge < -0.3 is 5.32 Å². The Hall–Kier alpha value is -2.30. The zero-order chi connectivity index (χ0) is 19.9. The van der Waals surface area contributed by atoms with E-state index in [-0.39, 0.29) is 23.5 Å². The molecule has 3 aromatic carbocycles. The summed E-state index contributed by atoms with van der Waals surface area (Å²) in [7, 11) is 0. The molecule has 0 aliphatic rings. The molecule has 2 nitrogen and oxygen atoms in total. The lowest BCUT2D eigenvalue weighted by molar-refractivity contribution is -0.119. The van der Waals surface area contributed by atoms with E-state index in [1.165, 1.54) is 23.4 Å². The van der Waals surface area contributed by atoms with Crippen molar-refractivity contribution in [3.8, 4) is 0 Å². The van der Waals surface area contributed by atoms with Gasteiger partial charge in [-0.05, 0) is 35.7 Å². The lowest BCUT2D eigenvalue weighted by Gasteiger charge is -2.20. The Balaban J connectivity index is 1.65. The summed E-state index contributed by atoms with van der Waals surface area (Å²) in [5.74, 6) is 0.227. The van der Waals surface area contributed by atoms with Crippen molar-refractivity contribution in [3.05, 3.63) is 106 Å². The molecule has 0 saturated heterocycles. The first-order valence-electron chi connectivity index (χ1n) is 8.95. The van der Waals surface area contributed by atoms with Crippen molar-refractivity contribution in [2.75, 3.05) is 5.75 Å². The van der Waals surface area contributed by atoms with Crippen LogP contribution in [0.3, 0.4) is 0 Å². The van der Waals surface area contributed by atoms with Gasteiger partial charge in [-0.25, -0.2) is 4.39 Å². The number of nitrogens with one attached hydrogen (secondary N) is 1. The van der Waals surface area contributed by atoms with Gasteiger partial charge in [-0.2, -0.15) is 0 Å². The molecule has 0 aromatic heterocycles. The van der Waals surface area contributed by atoms with E-state index in [0.29, 0.717) is 16.3 Å². The fourth-order valence-electron chi connectivity index (χ4n) is 2.86. The molecule has 144 valence electrons. The third-order valence-electron chi connectivity index (χ3n) is 4.35. The van der Waals surface area contributed by atoms with Gasteiger partial charge in [-0.3, -0.25) is 4.79 Å². The van der Waals surface area contributed by atoms with Crippen molar-refractivity contribution in [2.45, 2.75) is 18.7 Å². The number of carbonyl (C=O) groups is 1. The fourth-order valence-corrected chi connectivity index (χ4v) is 3.84. The van der Waals surface area contributed by atoms with E-state index in [1.807, 2.05) is 61.5 Å². The van der Waals surface area contributed by atoms with Crippen LogP contribution in [0.15, 0.2) is 72.8 Å². The molecule has 0 spiro atoms. The van der Waals surface area contributed by atoms with Crippen LogP contribution in [0.4, 0.5) is 4.39 Å². The second kappa shape index (κ2) is 9.76. The van der Waals surface area contributed by atoms with Crippen LogP contribution in [0, 0.1) is 12.7 Å². The van der Waals surface area contributed by atoms with E-state index in [4.69, 9.17) is 11.6 Å². The van der Waals surface area contributed by atoms with Crippen LogP contribution in [0.25, 0.3) is 0 Å². The van der Waals surface area contributed by atoms with E-state index < -0.39 is 0 Å². The number of thioether (sulfide) groups is 1. The van der Waals surface area contributed by atoms with Crippen molar-refractivity contribution < 1.29 is 9.18 Å². The number of amides is 1. The Kier molecular flexibility index (Phi) is 7.12. The summed E-state index contributed by atoms with van der Waals surface area (Å²) in [6.07, 6.45) is 0. The molecular weight excluding hydrogens is 393 g/mol. The highest BCUT2D eigenvalue weighted by Gasteiger charge is 2.17. The summed E-state index contributed by atoms with van der Waals surface area (Å²) in [6.45, 7) is 2.03. The molecule has 0 saturated carbocycles. The molecular formula is C23H21ClFNOS. The minimum absolute atomic E-state index is 0.0891. The number of carbonyl (C=O) groups excluding carboxylic acids is 1. The Bertz CT molecular complexity index is 931. The van der Waals surface area contributed by atoms with Crippen molar-refractivity contribution in [1.29, 1.82) is 0 Å². The smallest absolute Gasteiger partial charge is 0.230 e. The predicted octanol–water partition coefficient (Wildman–Crippen LogP) is 5.93. The maximum absolute atomic E-state index is 13.9. The van der Waals surface area contributed by atoms with Gasteiger partial charge in [0.25, 0.3) is 0 Å². The molecule has 1 amide bonds. The summed E-state index contributed by atoms with van der Waals surface area (Å²) in [4.78, 5) is 12.5. The van der Waals surface area contributed by atoms with Crippen LogP contribution in [0.1, 0.15) is 28.3 Å². The lowest BCUT2D eigenvalue weighted by Crippen LogP contribution is -2.30. The van der Waals surface area contributed by atoms with E-state index in [9.17, 15) is 9.18 Å². The largest absolute Gasteiger partial charge is 0.344 e. The van der Waals surface area contributed by atoms with Crippen molar-refractivity contribution in [3.63, 3.8) is 0 Å². The summed E-state index contributed by atoms with van der Waals surface area (Å²) in [6, 6.07) is 22.4. The molecule has 5 heteroatoms. The SMILES string of the molecule is Cc1ccc(C(NC(=O)CSCc2ccc(Cl)cc2F)c2ccccc2)cc1. The van der Waals surface area contributed by atoms with E-state index in [0.717, 1.165) is 11.1 Å². The van der Waals surface area contributed by atoms with Crippen molar-refractivity contribution in [2.24, 2.45) is 0 Å². The Morgan fingerprint density at radius 2 is 1.71 bits per heavy atom. The first kappa shape index (κ1) is 20.4. The highest BCUT2D eigenvalue weighted by atomic mass is 35.5. The summed E-state index contributed by atoms with van der Waals surface area (Å²) < 4.78 is 13.9. The van der Waals surface area contributed by atoms with Gasteiger partial charge in [0.05, 0.1) is 11.8 Å². The van der Waals surface area contributed by atoms with Crippen LogP contribution in [0.2, 0.25) is 5.02 Å². The Labute approximate surface area is 174 Å². The normalized spacial score (nSPS) is 11.8. The molecule has 0 radical (unpaired) electrons. The van der Waals surface area contributed by atoms with Crippen LogP contribution in [-0.4, -0.2) is 11.7 Å². The number of hydrogen-bond acceptors (Lipinski definition) is 2. The number of aryl methyl sites for hydroxylation is 1. The molecule has 1 atom stereocenters. The Morgan fingerprint density at radius 1 is 1.04 bits per heavy atom. The molecule has 0 heterocycles. The van der Waals surface area contributed by atoms with E-state index in [1.54, 1.807) is 12.1 Å². The highest BCUT2D eigenvalue weighted by Crippen LogP contribution is 2.23. The van der Waals surface area contributed by atoms with Gasteiger partial charge in [0.1, 0.15) is 5.82 Å². The van der Waals surface area contributed by atoms with Crippen LogP contribution >= 0.6 is 23.4 Å². The van der Waals surface area contributed by atoms with Gasteiger partial charge in [-0.1, -0.05) is 77.8 Å². The maximum atomic E-state index is 13.9. The molecule has 1 unspecified atom stereocenters. The molecule has 0 aliphatic heterocycles. The molecule has 3 aromatic rings. The molecule has 3 rings (SSSR count). The monoisotopic (exact) mass is 413 g/mol. The quantitative estimate of drug-likeness (QED) is 0.520. The highest BCUT2D eigenvalue weighted by molar-refractivity contribution is 7.99. The number of hydrogen-bond donors (Lipinski definition) is 1. The third kappa shape index (κ3) is 5.60.